The zero-order valence-electron chi connectivity index (χ0n) is 22.8. The molecule has 8 rings (SSSR count). The molecule has 0 saturated heterocycles. The highest BCUT2D eigenvalue weighted by molar-refractivity contribution is 6.10. The molecule has 0 aliphatic heterocycles. The first-order valence-corrected chi connectivity index (χ1v) is 14.1. The summed E-state index contributed by atoms with van der Waals surface area (Å²) in [5.41, 5.74) is 9.40. The normalized spacial score (nSPS) is 11.3. The van der Waals surface area contributed by atoms with Crippen LogP contribution in [0.1, 0.15) is 0 Å². The lowest BCUT2D eigenvalue weighted by Gasteiger charge is -2.26. The van der Waals surface area contributed by atoms with E-state index in [1.165, 1.54) is 33.0 Å². The van der Waals surface area contributed by atoms with Gasteiger partial charge < -0.3 is 9.32 Å². The molecule has 0 amide bonds. The zero-order chi connectivity index (χ0) is 27.9. The van der Waals surface area contributed by atoms with E-state index in [1.54, 1.807) is 0 Å². The number of hydrogen-bond acceptors (Lipinski definition) is 3. The van der Waals surface area contributed by atoms with E-state index in [4.69, 9.17) is 4.42 Å². The summed E-state index contributed by atoms with van der Waals surface area (Å²) < 4.78 is 6.48. The highest BCUT2D eigenvalue weighted by Gasteiger charge is 2.20. The van der Waals surface area contributed by atoms with Crippen molar-refractivity contribution in [2.45, 2.75) is 0 Å². The molecule has 0 atom stereocenters. The number of aromatic nitrogens is 1. The second-order valence-electron chi connectivity index (χ2n) is 10.5. The molecule has 6 aromatic carbocycles. The first-order chi connectivity index (χ1) is 20.8. The molecule has 0 saturated carbocycles. The van der Waals surface area contributed by atoms with Crippen molar-refractivity contribution in [3.8, 4) is 22.3 Å². The lowest BCUT2D eigenvalue weighted by atomic mass is 10.0. The van der Waals surface area contributed by atoms with Crippen molar-refractivity contribution in [3.05, 3.63) is 158 Å². The van der Waals surface area contributed by atoms with Crippen molar-refractivity contribution in [3.63, 3.8) is 0 Å². The molecule has 8 aromatic rings. The van der Waals surface area contributed by atoms with E-state index in [0.717, 1.165) is 39.0 Å². The van der Waals surface area contributed by atoms with Crippen LogP contribution in [0.4, 0.5) is 17.1 Å². The number of fused-ring (bicyclic) bond motifs is 4. The Morgan fingerprint density at radius 1 is 0.452 bits per heavy atom. The van der Waals surface area contributed by atoms with Crippen molar-refractivity contribution in [1.29, 1.82) is 0 Å². The predicted octanol–water partition coefficient (Wildman–Crippen LogP) is 10.9. The summed E-state index contributed by atoms with van der Waals surface area (Å²) in [6, 6.07) is 51.1. The average Bonchev–Trinajstić information content (AvgIpc) is 3.45. The Balaban J connectivity index is 1.32. The van der Waals surface area contributed by atoms with E-state index < -0.39 is 0 Å². The molecule has 0 unspecified atom stereocenters. The lowest BCUT2D eigenvalue weighted by Crippen LogP contribution is -2.10. The van der Waals surface area contributed by atoms with Gasteiger partial charge in [-0.3, -0.25) is 4.98 Å². The molecule has 3 nitrogen and oxygen atoms in total. The molecule has 0 spiro atoms. The first kappa shape index (κ1) is 24.2. The number of rotatable bonds is 5. The molecule has 42 heavy (non-hydrogen) atoms. The monoisotopic (exact) mass is 538 g/mol. The molecule has 3 heteroatoms. The molecule has 2 heterocycles. The van der Waals surface area contributed by atoms with Gasteiger partial charge in [-0.25, -0.2) is 0 Å². The minimum Gasteiger partial charge on any atom is -0.454 e. The maximum Gasteiger partial charge on any atom is 0.162 e. The van der Waals surface area contributed by atoms with Gasteiger partial charge in [-0.15, -0.1) is 0 Å². The van der Waals surface area contributed by atoms with Gasteiger partial charge in [0.15, 0.2) is 5.58 Å². The number of benzene rings is 6. The molecule has 0 aliphatic rings. The second-order valence-corrected chi connectivity index (χ2v) is 10.5. The molecule has 0 radical (unpaired) electrons. The number of para-hydroxylation sites is 1. The number of hydrogen-bond donors (Lipinski definition) is 0. The highest BCUT2D eigenvalue weighted by Crippen LogP contribution is 2.42. The fraction of sp³-hybridized carbons (Fsp3) is 0. The Morgan fingerprint density at radius 3 is 1.86 bits per heavy atom. The van der Waals surface area contributed by atoms with Crippen LogP contribution in [-0.2, 0) is 0 Å². The van der Waals surface area contributed by atoms with E-state index in [9.17, 15) is 0 Å². The van der Waals surface area contributed by atoms with Crippen LogP contribution in [0.2, 0.25) is 0 Å². The molecule has 0 fully saturated rings. The maximum atomic E-state index is 6.48. The molecule has 2 aromatic heterocycles. The van der Waals surface area contributed by atoms with Crippen LogP contribution < -0.4 is 4.90 Å². The lowest BCUT2D eigenvalue weighted by molar-refractivity contribution is 0.668. The van der Waals surface area contributed by atoms with Crippen LogP contribution in [0.15, 0.2) is 162 Å². The summed E-state index contributed by atoms with van der Waals surface area (Å²) in [4.78, 5) is 6.94. The molecular weight excluding hydrogens is 512 g/mol. The summed E-state index contributed by atoms with van der Waals surface area (Å²) >= 11 is 0. The third-order valence-electron chi connectivity index (χ3n) is 7.93. The fourth-order valence-electron chi connectivity index (χ4n) is 5.83. The minimum atomic E-state index is 0.816. The van der Waals surface area contributed by atoms with Gasteiger partial charge in [-0.05, 0) is 69.4 Å². The third-order valence-corrected chi connectivity index (χ3v) is 7.93. The summed E-state index contributed by atoms with van der Waals surface area (Å²) in [6.07, 6.45) is 3.80. The van der Waals surface area contributed by atoms with Gasteiger partial charge >= 0.3 is 0 Å². The van der Waals surface area contributed by atoms with Crippen LogP contribution in [0.3, 0.4) is 0 Å². The van der Waals surface area contributed by atoms with Crippen LogP contribution in [0.25, 0.3) is 55.0 Å². The van der Waals surface area contributed by atoms with E-state index in [2.05, 4.69) is 131 Å². The van der Waals surface area contributed by atoms with E-state index in [0.29, 0.717) is 0 Å². The maximum absolute atomic E-state index is 6.48. The van der Waals surface area contributed by atoms with E-state index in [-0.39, 0.29) is 0 Å². The largest absolute Gasteiger partial charge is 0.454 e. The Hall–Kier alpha value is -5.67. The number of furan rings is 1. The van der Waals surface area contributed by atoms with Gasteiger partial charge in [0.1, 0.15) is 11.3 Å². The standard InChI is InChI=1S/C39H26N2O/c1-3-9-27(10-4-1)29-17-20-33(21-18-29)41(37-26-40-25-36-35-13-7-8-14-38(35)42-39(36)37)34-22-19-30-15-16-31(23-32(30)24-34)28-11-5-2-6-12-28/h1-26H. The van der Waals surface area contributed by atoms with Crippen LogP contribution in [-0.4, -0.2) is 4.98 Å². The predicted molar refractivity (Wildman–Crippen MR) is 175 cm³/mol. The summed E-state index contributed by atoms with van der Waals surface area (Å²) in [7, 11) is 0. The smallest absolute Gasteiger partial charge is 0.162 e. The van der Waals surface area contributed by atoms with Crippen molar-refractivity contribution >= 4 is 49.8 Å². The molecule has 0 aliphatic carbocycles. The van der Waals surface area contributed by atoms with Crippen LogP contribution in [0.5, 0.6) is 0 Å². The fourth-order valence-corrected chi connectivity index (χ4v) is 5.83. The minimum absolute atomic E-state index is 0.816. The van der Waals surface area contributed by atoms with Gasteiger partial charge in [0.25, 0.3) is 0 Å². The highest BCUT2D eigenvalue weighted by atomic mass is 16.3. The number of nitrogens with zero attached hydrogens (tertiary/aromatic N) is 2. The van der Waals surface area contributed by atoms with Gasteiger partial charge in [-0.2, -0.15) is 0 Å². The molecule has 0 N–H and O–H groups in total. The Labute approximate surface area is 243 Å². The second kappa shape index (κ2) is 10.1. The molecule has 0 bridgehead atoms. The van der Waals surface area contributed by atoms with Gasteiger partial charge in [-0.1, -0.05) is 109 Å². The molecule has 198 valence electrons. The van der Waals surface area contributed by atoms with Gasteiger partial charge in [0, 0.05) is 28.3 Å². The van der Waals surface area contributed by atoms with Crippen molar-refractivity contribution < 1.29 is 4.42 Å². The SMILES string of the molecule is c1ccc(-c2ccc(N(c3ccc4ccc(-c5ccccc5)cc4c3)c3cncc4c3oc3ccccc34)cc2)cc1. The van der Waals surface area contributed by atoms with Gasteiger partial charge in [0.05, 0.1) is 6.20 Å². The van der Waals surface area contributed by atoms with E-state index in [1.807, 2.05) is 36.7 Å². The topological polar surface area (TPSA) is 29.3 Å². The summed E-state index contributed by atoms with van der Waals surface area (Å²) in [5, 5.41) is 4.43. The Morgan fingerprint density at radius 2 is 1.07 bits per heavy atom. The number of pyridine rings is 1. The Kier molecular flexibility index (Phi) is 5.79. The third kappa shape index (κ3) is 4.20. The van der Waals surface area contributed by atoms with Crippen molar-refractivity contribution in [2.75, 3.05) is 4.90 Å². The molecular formula is C39H26N2O. The first-order valence-electron chi connectivity index (χ1n) is 14.1. The number of anilines is 3. The Bertz CT molecular complexity index is 2180. The average molecular weight is 539 g/mol. The zero-order valence-corrected chi connectivity index (χ0v) is 22.8. The van der Waals surface area contributed by atoms with Crippen molar-refractivity contribution in [1.82, 2.24) is 4.98 Å². The van der Waals surface area contributed by atoms with Crippen LogP contribution >= 0.6 is 0 Å². The van der Waals surface area contributed by atoms with Gasteiger partial charge in [0.2, 0.25) is 0 Å². The summed E-state index contributed by atoms with van der Waals surface area (Å²) in [6.45, 7) is 0. The quantitative estimate of drug-likeness (QED) is 0.218. The van der Waals surface area contributed by atoms with Crippen LogP contribution in [0, 0.1) is 0 Å². The van der Waals surface area contributed by atoms with E-state index >= 15 is 0 Å². The summed E-state index contributed by atoms with van der Waals surface area (Å²) in [5.74, 6) is 0. The van der Waals surface area contributed by atoms with Crippen molar-refractivity contribution in [2.24, 2.45) is 0 Å².